The van der Waals surface area contributed by atoms with Crippen molar-refractivity contribution < 1.29 is 27.0 Å². The summed E-state index contributed by atoms with van der Waals surface area (Å²) in [6, 6.07) is 15.8. The summed E-state index contributed by atoms with van der Waals surface area (Å²) in [5, 5.41) is 4.16. The molecule has 0 N–H and O–H groups in total. The number of rotatable bonds is 5. The van der Waals surface area contributed by atoms with Crippen LogP contribution in [0.25, 0.3) is 21.5 Å². The zero-order valence-corrected chi connectivity index (χ0v) is 19.6. The van der Waals surface area contributed by atoms with Crippen molar-refractivity contribution in [1.82, 2.24) is 0 Å². The number of methoxy groups -OCH3 is 2. The van der Waals surface area contributed by atoms with Crippen LogP contribution in [0.3, 0.4) is 0 Å². The first-order valence-corrected chi connectivity index (χ1v) is 11.8. The number of alkyl halides is 3. The van der Waals surface area contributed by atoms with Gasteiger partial charge in [0.15, 0.2) is 0 Å². The van der Waals surface area contributed by atoms with Gasteiger partial charge in [-0.3, -0.25) is 0 Å². The van der Waals surface area contributed by atoms with Gasteiger partial charge in [-0.25, -0.2) is 4.39 Å². The van der Waals surface area contributed by atoms with Crippen LogP contribution < -0.4 is 9.47 Å². The van der Waals surface area contributed by atoms with Gasteiger partial charge in [-0.2, -0.15) is 13.2 Å². The summed E-state index contributed by atoms with van der Waals surface area (Å²) in [6.45, 7) is 0. The van der Waals surface area contributed by atoms with Crippen molar-refractivity contribution in [3.05, 3.63) is 82.7 Å². The van der Waals surface area contributed by atoms with Gasteiger partial charge in [-0.05, 0) is 89.1 Å². The van der Waals surface area contributed by atoms with Crippen LogP contribution in [0.5, 0.6) is 11.5 Å². The van der Waals surface area contributed by atoms with Crippen LogP contribution in [-0.2, 0) is 19.0 Å². The third-order valence-electron chi connectivity index (χ3n) is 7.24. The SMILES string of the molecule is COc1cccc2c1c(OC)cc1c3c(ccc12)C(CCc1cccc(F)c1C(F)(F)F)CCC3. The molecule has 0 aromatic heterocycles. The fraction of sp³-hybridized carbons (Fsp3) is 0.310. The normalized spacial score (nSPS) is 15.9. The van der Waals surface area contributed by atoms with Crippen LogP contribution in [0.1, 0.15) is 47.4 Å². The molecule has 0 aliphatic heterocycles. The van der Waals surface area contributed by atoms with Crippen LogP contribution in [0.15, 0.2) is 54.6 Å². The van der Waals surface area contributed by atoms with E-state index >= 15 is 0 Å². The van der Waals surface area contributed by atoms with E-state index in [1.54, 1.807) is 14.2 Å². The Kier molecular flexibility index (Phi) is 6.07. The maximum absolute atomic E-state index is 14.0. The number of halogens is 4. The Morgan fingerprint density at radius 3 is 2.40 bits per heavy atom. The number of fused-ring (bicyclic) bond motifs is 5. The lowest BCUT2D eigenvalue weighted by Gasteiger charge is -2.28. The zero-order chi connectivity index (χ0) is 24.7. The van der Waals surface area contributed by atoms with Gasteiger partial charge in [-0.15, -0.1) is 0 Å². The van der Waals surface area contributed by atoms with Gasteiger partial charge in [-0.1, -0.05) is 36.4 Å². The van der Waals surface area contributed by atoms with Crippen LogP contribution >= 0.6 is 0 Å². The first-order valence-electron chi connectivity index (χ1n) is 11.8. The first-order chi connectivity index (χ1) is 16.8. The highest BCUT2D eigenvalue weighted by Gasteiger charge is 2.36. The molecule has 5 rings (SSSR count). The van der Waals surface area contributed by atoms with Gasteiger partial charge < -0.3 is 9.47 Å². The molecule has 4 aromatic carbocycles. The highest BCUT2D eigenvalue weighted by molar-refractivity contribution is 6.13. The van der Waals surface area contributed by atoms with Gasteiger partial charge in [0.2, 0.25) is 0 Å². The molecule has 0 bridgehead atoms. The second-order valence-electron chi connectivity index (χ2n) is 9.09. The Bertz CT molecular complexity index is 1410. The molecule has 1 aliphatic carbocycles. The van der Waals surface area contributed by atoms with E-state index in [2.05, 4.69) is 24.3 Å². The predicted molar refractivity (Wildman–Crippen MR) is 130 cm³/mol. The number of ether oxygens (including phenoxy) is 2. The minimum Gasteiger partial charge on any atom is -0.496 e. The molecule has 35 heavy (non-hydrogen) atoms. The quantitative estimate of drug-likeness (QED) is 0.211. The molecule has 182 valence electrons. The largest absolute Gasteiger partial charge is 0.496 e. The van der Waals surface area contributed by atoms with E-state index < -0.39 is 17.6 Å². The molecule has 6 heteroatoms. The predicted octanol–water partition coefficient (Wildman–Crippen LogP) is 8.22. The molecule has 0 radical (unpaired) electrons. The highest BCUT2D eigenvalue weighted by atomic mass is 19.4. The fourth-order valence-corrected chi connectivity index (χ4v) is 5.69. The van der Waals surface area contributed by atoms with Crippen LogP contribution in [0.2, 0.25) is 0 Å². The molecule has 0 heterocycles. The Hall–Kier alpha value is -3.28. The molecular weight excluding hydrogens is 456 g/mol. The average molecular weight is 483 g/mol. The van der Waals surface area contributed by atoms with Crippen molar-refractivity contribution in [3.8, 4) is 11.5 Å². The summed E-state index contributed by atoms with van der Waals surface area (Å²) in [5.74, 6) is 0.376. The van der Waals surface area contributed by atoms with Gasteiger partial charge in [0.1, 0.15) is 17.3 Å². The van der Waals surface area contributed by atoms with Crippen molar-refractivity contribution in [3.63, 3.8) is 0 Å². The summed E-state index contributed by atoms with van der Waals surface area (Å²) in [6.07, 6.45) is -1.26. The second-order valence-corrected chi connectivity index (χ2v) is 9.09. The number of aryl methyl sites for hydroxylation is 2. The summed E-state index contributed by atoms with van der Waals surface area (Å²) in [5.41, 5.74) is 1.26. The lowest BCUT2D eigenvalue weighted by atomic mass is 9.77. The second kappa shape index (κ2) is 9.06. The van der Waals surface area contributed by atoms with E-state index in [4.69, 9.17) is 9.47 Å². The van der Waals surface area contributed by atoms with Crippen molar-refractivity contribution >= 4 is 21.5 Å². The van der Waals surface area contributed by atoms with Crippen molar-refractivity contribution in [2.75, 3.05) is 14.2 Å². The van der Waals surface area contributed by atoms with Crippen LogP contribution in [-0.4, -0.2) is 14.2 Å². The highest BCUT2D eigenvalue weighted by Crippen LogP contribution is 2.45. The Balaban J connectivity index is 1.56. The minimum atomic E-state index is -4.71. The maximum Gasteiger partial charge on any atom is 0.419 e. The topological polar surface area (TPSA) is 18.5 Å². The van der Waals surface area contributed by atoms with E-state index in [9.17, 15) is 17.6 Å². The van der Waals surface area contributed by atoms with Crippen molar-refractivity contribution in [2.45, 2.75) is 44.2 Å². The van der Waals surface area contributed by atoms with Crippen molar-refractivity contribution in [2.24, 2.45) is 0 Å². The molecule has 1 unspecified atom stereocenters. The third kappa shape index (κ3) is 4.09. The fourth-order valence-electron chi connectivity index (χ4n) is 5.69. The standard InChI is InChI=1S/C29H26F4O2/c1-34-25-11-5-9-22-21-15-14-19-17(6-3-8-20(19)23(21)16-26(35-2)27(22)25)12-13-18-7-4-10-24(30)28(18)29(31,32)33/h4-5,7,9-11,14-17H,3,6,8,12-13H2,1-2H3. The van der Waals surface area contributed by atoms with Crippen LogP contribution in [0.4, 0.5) is 17.6 Å². The lowest BCUT2D eigenvalue weighted by Crippen LogP contribution is -2.15. The van der Waals surface area contributed by atoms with Gasteiger partial charge in [0.25, 0.3) is 0 Å². The summed E-state index contributed by atoms with van der Waals surface area (Å²) in [4.78, 5) is 0. The van der Waals surface area contributed by atoms with E-state index in [-0.39, 0.29) is 17.9 Å². The van der Waals surface area contributed by atoms with Crippen molar-refractivity contribution in [1.29, 1.82) is 0 Å². The first kappa shape index (κ1) is 23.5. The smallest absolute Gasteiger partial charge is 0.419 e. The summed E-state index contributed by atoms with van der Waals surface area (Å²) < 4.78 is 65.8. The Morgan fingerprint density at radius 1 is 0.886 bits per heavy atom. The van der Waals surface area contributed by atoms with Gasteiger partial charge in [0.05, 0.1) is 25.2 Å². The number of benzene rings is 4. The average Bonchev–Trinajstić information content (AvgIpc) is 2.85. The number of hydrogen-bond acceptors (Lipinski definition) is 2. The van der Waals surface area contributed by atoms with E-state index in [0.29, 0.717) is 6.42 Å². The molecule has 0 saturated carbocycles. The van der Waals surface area contributed by atoms with Gasteiger partial charge in [0, 0.05) is 0 Å². The van der Waals surface area contributed by atoms with Gasteiger partial charge >= 0.3 is 6.18 Å². The van der Waals surface area contributed by atoms with Crippen LogP contribution in [0, 0.1) is 5.82 Å². The molecule has 4 aromatic rings. The monoisotopic (exact) mass is 482 g/mol. The molecule has 1 atom stereocenters. The van der Waals surface area contributed by atoms with E-state index in [0.717, 1.165) is 63.9 Å². The molecule has 0 saturated heterocycles. The molecule has 0 fully saturated rings. The lowest BCUT2D eigenvalue weighted by molar-refractivity contribution is -0.140. The molecular formula is C29H26F4O2. The zero-order valence-electron chi connectivity index (χ0n) is 19.6. The Labute approximate surface area is 201 Å². The Morgan fingerprint density at radius 2 is 1.66 bits per heavy atom. The third-order valence-corrected chi connectivity index (χ3v) is 7.24. The maximum atomic E-state index is 14.0. The molecule has 0 amide bonds. The molecule has 2 nitrogen and oxygen atoms in total. The summed E-state index contributed by atoms with van der Waals surface area (Å²) in [7, 11) is 3.28. The molecule has 0 spiro atoms. The minimum absolute atomic E-state index is 0.0187. The van der Waals surface area contributed by atoms with E-state index in [1.807, 2.05) is 12.1 Å². The number of hydrogen-bond donors (Lipinski definition) is 0. The van der Waals surface area contributed by atoms with E-state index in [1.165, 1.54) is 17.7 Å². The summed E-state index contributed by atoms with van der Waals surface area (Å²) >= 11 is 0. The molecule has 1 aliphatic rings.